The van der Waals surface area contributed by atoms with E-state index in [4.69, 9.17) is 9.84 Å². The van der Waals surface area contributed by atoms with Gasteiger partial charge in [-0.15, -0.1) is 0 Å². The van der Waals surface area contributed by atoms with Gasteiger partial charge in [0.05, 0.1) is 0 Å². The average Bonchev–Trinajstić information content (AvgIpc) is 2.28. The van der Waals surface area contributed by atoms with Gasteiger partial charge in [-0.2, -0.15) is 0 Å². The zero-order chi connectivity index (χ0) is 13.9. The summed E-state index contributed by atoms with van der Waals surface area (Å²) >= 11 is 0. The standard InChI is InChI=1S/C14H18O4/c1-14(2,3)12(15)10-7-5-9(6-8-10)11(18-4)13(16)17/h5-8,11H,1-4H3,(H,16,17). The number of ether oxygens (including phenoxy) is 1. The minimum atomic E-state index is -1.05. The Bertz CT molecular complexity index is 440. The molecule has 4 heteroatoms. The molecule has 0 heterocycles. The van der Waals surface area contributed by atoms with Gasteiger partial charge in [-0.1, -0.05) is 45.0 Å². The zero-order valence-electron chi connectivity index (χ0n) is 11.1. The Morgan fingerprint density at radius 1 is 1.17 bits per heavy atom. The largest absolute Gasteiger partial charge is 0.479 e. The number of carboxylic acid groups (broad SMARTS) is 1. The molecule has 0 aliphatic rings. The Kier molecular flexibility index (Phi) is 4.24. The van der Waals surface area contributed by atoms with E-state index in [0.29, 0.717) is 11.1 Å². The van der Waals surface area contributed by atoms with Crippen molar-refractivity contribution < 1.29 is 19.4 Å². The van der Waals surface area contributed by atoms with Crippen LogP contribution in [0.4, 0.5) is 0 Å². The topological polar surface area (TPSA) is 63.6 Å². The van der Waals surface area contributed by atoms with E-state index >= 15 is 0 Å². The highest BCUT2D eigenvalue weighted by atomic mass is 16.5. The molecule has 0 bridgehead atoms. The van der Waals surface area contributed by atoms with E-state index in [9.17, 15) is 9.59 Å². The van der Waals surface area contributed by atoms with E-state index in [2.05, 4.69) is 0 Å². The molecule has 0 aromatic heterocycles. The highest BCUT2D eigenvalue weighted by Gasteiger charge is 2.24. The van der Waals surface area contributed by atoms with Gasteiger partial charge in [0.1, 0.15) is 0 Å². The molecule has 1 aromatic rings. The minimum Gasteiger partial charge on any atom is -0.479 e. The van der Waals surface area contributed by atoms with Gasteiger partial charge in [0.25, 0.3) is 0 Å². The number of hydrogen-bond acceptors (Lipinski definition) is 3. The number of methoxy groups -OCH3 is 1. The van der Waals surface area contributed by atoms with Crippen molar-refractivity contribution in [3.8, 4) is 0 Å². The zero-order valence-corrected chi connectivity index (χ0v) is 11.1. The maximum absolute atomic E-state index is 12.0. The Balaban J connectivity index is 3.00. The van der Waals surface area contributed by atoms with Crippen LogP contribution in [0, 0.1) is 5.41 Å². The van der Waals surface area contributed by atoms with Crippen molar-refractivity contribution >= 4 is 11.8 Å². The summed E-state index contributed by atoms with van der Waals surface area (Å²) in [6.45, 7) is 5.54. The molecule has 1 atom stereocenters. The summed E-state index contributed by atoms with van der Waals surface area (Å²) in [4.78, 5) is 22.9. The van der Waals surface area contributed by atoms with E-state index < -0.39 is 17.5 Å². The van der Waals surface area contributed by atoms with Crippen molar-refractivity contribution in [3.63, 3.8) is 0 Å². The summed E-state index contributed by atoms with van der Waals surface area (Å²) in [5.74, 6) is -1.02. The smallest absolute Gasteiger partial charge is 0.337 e. The molecule has 18 heavy (non-hydrogen) atoms. The molecule has 4 nitrogen and oxygen atoms in total. The Labute approximate surface area is 107 Å². The Morgan fingerprint density at radius 3 is 2.00 bits per heavy atom. The SMILES string of the molecule is COC(C(=O)O)c1ccc(C(=O)C(C)(C)C)cc1. The van der Waals surface area contributed by atoms with E-state index in [1.54, 1.807) is 24.3 Å². The number of carbonyl (C=O) groups is 2. The molecular formula is C14H18O4. The molecule has 0 saturated heterocycles. The molecule has 0 spiro atoms. The molecule has 1 unspecified atom stereocenters. The van der Waals surface area contributed by atoms with Gasteiger partial charge >= 0.3 is 5.97 Å². The van der Waals surface area contributed by atoms with Crippen LogP contribution in [0.2, 0.25) is 0 Å². The number of rotatable bonds is 4. The van der Waals surface area contributed by atoms with Gasteiger partial charge in [-0.3, -0.25) is 4.79 Å². The van der Waals surface area contributed by atoms with Gasteiger partial charge in [0.2, 0.25) is 0 Å². The minimum absolute atomic E-state index is 0.0262. The fourth-order valence-electron chi connectivity index (χ4n) is 1.62. The quantitative estimate of drug-likeness (QED) is 0.834. The summed E-state index contributed by atoms with van der Waals surface area (Å²) in [5.41, 5.74) is 0.650. The first kappa shape index (κ1) is 14.4. The third-order valence-electron chi connectivity index (χ3n) is 2.62. The van der Waals surface area contributed by atoms with E-state index in [-0.39, 0.29) is 5.78 Å². The molecule has 0 radical (unpaired) electrons. The van der Waals surface area contributed by atoms with Crippen LogP contribution in [0.15, 0.2) is 24.3 Å². The summed E-state index contributed by atoms with van der Waals surface area (Å²) in [6.07, 6.45) is -0.996. The summed E-state index contributed by atoms with van der Waals surface area (Å²) < 4.78 is 4.88. The van der Waals surface area contributed by atoms with Crippen LogP contribution in [0.3, 0.4) is 0 Å². The lowest BCUT2D eigenvalue weighted by Crippen LogP contribution is -2.20. The van der Waals surface area contributed by atoms with Crippen LogP contribution in [0.5, 0.6) is 0 Å². The molecule has 0 amide bonds. The maximum Gasteiger partial charge on any atom is 0.337 e. The first-order valence-corrected chi connectivity index (χ1v) is 5.67. The summed E-state index contributed by atoms with van der Waals surface area (Å²) in [7, 11) is 1.34. The predicted octanol–water partition coefficient (Wildman–Crippen LogP) is 2.69. The van der Waals surface area contributed by atoms with Gasteiger partial charge in [0, 0.05) is 18.1 Å². The third-order valence-corrected chi connectivity index (χ3v) is 2.62. The maximum atomic E-state index is 12.0. The van der Waals surface area contributed by atoms with E-state index in [1.807, 2.05) is 20.8 Å². The number of carbonyl (C=O) groups excluding carboxylic acids is 1. The molecule has 0 saturated carbocycles. The van der Waals surface area contributed by atoms with E-state index in [1.165, 1.54) is 7.11 Å². The van der Waals surface area contributed by atoms with Gasteiger partial charge in [-0.25, -0.2) is 4.79 Å². The van der Waals surface area contributed by atoms with Crippen molar-refractivity contribution in [3.05, 3.63) is 35.4 Å². The number of benzene rings is 1. The highest BCUT2D eigenvalue weighted by molar-refractivity contribution is 5.99. The molecule has 1 N–H and O–H groups in total. The van der Waals surface area contributed by atoms with Crippen molar-refractivity contribution in [1.82, 2.24) is 0 Å². The highest BCUT2D eigenvalue weighted by Crippen LogP contribution is 2.23. The summed E-state index contributed by atoms with van der Waals surface area (Å²) in [6, 6.07) is 6.50. The van der Waals surface area contributed by atoms with Crippen LogP contribution >= 0.6 is 0 Å². The third kappa shape index (κ3) is 3.17. The fraction of sp³-hybridized carbons (Fsp3) is 0.429. The van der Waals surface area contributed by atoms with E-state index in [0.717, 1.165) is 0 Å². The fourth-order valence-corrected chi connectivity index (χ4v) is 1.62. The van der Waals surface area contributed by atoms with Crippen LogP contribution < -0.4 is 0 Å². The van der Waals surface area contributed by atoms with Crippen LogP contribution in [-0.2, 0) is 9.53 Å². The van der Waals surface area contributed by atoms with Crippen LogP contribution in [0.1, 0.15) is 42.8 Å². The van der Waals surface area contributed by atoms with Crippen molar-refractivity contribution in [2.24, 2.45) is 5.41 Å². The second kappa shape index (κ2) is 5.31. The lowest BCUT2D eigenvalue weighted by molar-refractivity contribution is -0.148. The van der Waals surface area contributed by atoms with Crippen LogP contribution in [-0.4, -0.2) is 24.0 Å². The number of carboxylic acids is 1. The second-order valence-corrected chi connectivity index (χ2v) is 5.16. The van der Waals surface area contributed by atoms with Gasteiger partial charge in [-0.05, 0) is 5.56 Å². The molecule has 1 rings (SSSR count). The number of aliphatic carboxylic acids is 1. The molecule has 0 fully saturated rings. The number of ketones is 1. The average molecular weight is 250 g/mol. The van der Waals surface area contributed by atoms with Gasteiger partial charge < -0.3 is 9.84 Å². The monoisotopic (exact) mass is 250 g/mol. The first-order chi connectivity index (χ1) is 8.27. The molecular weight excluding hydrogens is 232 g/mol. The van der Waals surface area contributed by atoms with Gasteiger partial charge in [0.15, 0.2) is 11.9 Å². The van der Waals surface area contributed by atoms with Crippen molar-refractivity contribution in [1.29, 1.82) is 0 Å². The first-order valence-electron chi connectivity index (χ1n) is 5.67. The van der Waals surface area contributed by atoms with Crippen LogP contribution in [0.25, 0.3) is 0 Å². The number of Topliss-reactive ketones (excluding diaryl/α,β-unsaturated/α-hetero) is 1. The Hall–Kier alpha value is -1.68. The van der Waals surface area contributed by atoms with Crippen molar-refractivity contribution in [2.75, 3.05) is 7.11 Å². The second-order valence-electron chi connectivity index (χ2n) is 5.16. The molecule has 0 aliphatic heterocycles. The molecule has 0 aliphatic carbocycles. The molecule has 1 aromatic carbocycles. The number of hydrogen-bond donors (Lipinski definition) is 1. The van der Waals surface area contributed by atoms with Crippen molar-refractivity contribution in [2.45, 2.75) is 26.9 Å². The molecule has 98 valence electrons. The normalized spacial score (nSPS) is 13.1. The lowest BCUT2D eigenvalue weighted by atomic mass is 9.86. The predicted molar refractivity (Wildman–Crippen MR) is 67.6 cm³/mol. The lowest BCUT2D eigenvalue weighted by Gasteiger charge is -2.17. The summed E-state index contributed by atoms with van der Waals surface area (Å²) in [5, 5.41) is 8.94. The Morgan fingerprint density at radius 2 is 1.67 bits per heavy atom.